The van der Waals surface area contributed by atoms with Crippen LogP contribution in [0.2, 0.25) is 6.82 Å². The molecule has 0 unspecified atom stereocenters. The van der Waals surface area contributed by atoms with Crippen molar-refractivity contribution >= 4 is 51.1 Å². The molecule has 0 saturated heterocycles. The number of nitrogen functional groups attached to an aromatic ring is 1. The van der Waals surface area contributed by atoms with Crippen LogP contribution >= 0.6 is 15.2 Å². The van der Waals surface area contributed by atoms with Crippen molar-refractivity contribution < 1.29 is 71.4 Å². The van der Waals surface area contributed by atoms with Crippen LogP contribution in [-0.4, -0.2) is 95.9 Å². The standard InChI is InChI=1S/C17H30BN2O5P.C16H22NO7P.C7H5NO5/c1-5-24-26(22,25-6-2)10-8-7-9-23-17-12-15(11-16(19)13-17)14(3)20-18(4)21;1-4-23-25(21,24-5-2)9-7-6-8-22-16-11-14(13(3)18)10-15(12-16)17(19)20;9-6-2-4(7(10)11)1-5(3-6)8(12)13/h7-8,11-14,20-21H,5-6,9-10,19H2,1-4H3;6-7,10-12H,4-5,8-9H2,1-3H3;1-3,9H,(H,10,11)/b8-7+;7-6+;/t14-;;/m1../s1. The fraction of sp³-hybridized carbons (Fsp3) is 0.400. The molecule has 1 atom stereocenters. The van der Waals surface area contributed by atoms with E-state index < -0.39 is 49.5 Å². The number of non-ortho nitro benzene ring substituents is 2. The third-order valence-electron chi connectivity index (χ3n) is 7.80. The number of nitrogens with two attached hydrogens (primary N) is 1. The minimum atomic E-state index is -3.15. The second-order valence-electron chi connectivity index (χ2n) is 13.1. The number of phenols is 1. The monoisotopic (exact) mass is 938 g/mol. The summed E-state index contributed by atoms with van der Waals surface area (Å²) in [7, 11) is -6.84. The van der Waals surface area contributed by atoms with Crippen LogP contribution in [0.25, 0.3) is 0 Å². The highest BCUT2D eigenvalue weighted by atomic mass is 31.2. The molecule has 0 aliphatic carbocycles. The van der Waals surface area contributed by atoms with Crippen LogP contribution in [0, 0.1) is 20.2 Å². The van der Waals surface area contributed by atoms with E-state index in [1.807, 2.05) is 19.1 Å². The van der Waals surface area contributed by atoms with E-state index >= 15 is 0 Å². The molecule has 0 aliphatic rings. The number of ketones is 1. The van der Waals surface area contributed by atoms with Crippen molar-refractivity contribution in [3.8, 4) is 17.2 Å². The van der Waals surface area contributed by atoms with E-state index in [9.17, 15) is 44.0 Å². The predicted molar refractivity (Wildman–Crippen MR) is 242 cm³/mol. The molecule has 0 heterocycles. The highest BCUT2D eigenvalue weighted by Gasteiger charge is 2.22. The average Bonchev–Trinajstić information content (AvgIpc) is 3.20. The number of nitro groups is 2. The summed E-state index contributed by atoms with van der Waals surface area (Å²) < 4.78 is 56.4. The van der Waals surface area contributed by atoms with E-state index in [4.69, 9.17) is 43.5 Å². The number of benzene rings is 3. The third-order valence-corrected chi connectivity index (χ3v) is 11.7. The topological polar surface area (TPSA) is 309 Å². The van der Waals surface area contributed by atoms with Crippen molar-refractivity contribution in [1.82, 2.24) is 5.23 Å². The first-order chi connectivity index (χ1) is 30.1. The number of carboxylic acid groups (broad SMARTS) is 1. The van der Waals surface area contributed by atoms with E-state index in [2.05, 4.69) is 5.23 Å². The summed E-state index contributed by atoms with van der Waals surface area (Å²) in [5.74, 6) is -1.22. The zero-order valence-electron chi connectivity index (χ0n) is 36.7. The van der Waals surface area contributed by atoms with E-state index in [1.165, 1.54) is 25.1 Å². The van der Waals surface area contributed by atoms with Gasteiger partial charge in [-0.1, -0.05) is 24.3 Å². The molecular formula is C40H57BN4O17P2. The zero-order valence-corrected chi connectivity index (χ0v) is 38.5. The number of hydrogen-bond acceptors (Lipinski definition) is 18. The minimum absolute atomic E-state index is 0.0698. The summed E-state index contributed by atoms with van der Waals surface area (Å²) in [6, 6.07) is 11.9. The smallest absolute Gasteiger partial charge is 0.374 e. The number of carbonyl (C=O) groups excluding carboxylic acids is 1. The minimum Gasteiger partial charge on any atom is -0.508 e. The fourth-order valence-electron chi connectivity index (χ4n) is 5.14. The van der Waals surface area contributed by atoms with Gasteiger partial charge in [0.15, 0.2) is 5.78 Å². The SMILES string of the molecule is CCOP(=O)(C/C=C/COc1cc(C(C)=O)cc([N+](=O)[O-])c1)OCC.CCOP(=O)(C/C=C/COc1cc(N)cc([C@@H](C)NB(C)O)c1)OCC.O=C(O)c1cc(O)cc([N+](=O)[O-])c1. The maximum Gasteiger partial charge on any atom is 0.374 e. The Morgan fingerprint density at radius 2 is 1.20 bits per heavy atom. The van der Waals surface area contributed by atoms with Crippen molar-refractivity contribution in [2.24, 2.45) is 0 Å². The van der Waals surface area contributed by atoms with E-state index in [0.717, 1.165) is 23.8 Å². The molecule has 0 fully saturated rings. The van der Waals surface area contributed by atoms with Gasteiger partial charge in [0.25, 0.3) is 11.4 Å². The van der Waals surface area contributed by atoms with Gasteiger partial charge in [0, 0.05) is 35.5 Å². The van der Waals surface area contributed by atoms with Crippen molar-refractivity contribution in [2.75, 3.05) is 57.7 Å². The quantitative estimate of drug-likeness (QED) is 0.0102. The lowest BCUT2D eigenvalue weighted by Crippen LogP contribution is -2.32. The molecule has 64 heavy (non-hydrogen) atoms. The lowest BCUT2D eigenvalue weighted by molar-refractivity contribution is -0.385. The van der Waals surface area contributed by atoms with Gasteiger partial charge in [0.1, 0.15) is 30.5 Å². The number of aromatic hydroxyl groups is 1. The molecule has 0 spiro atoms. The van der Waals surface area contributed by atoms with Gasteiger partial charge < -0.3 is 53.8 Å². The van der Waals surface area contributed by atoms with E-state index in [0.29, 0.717) is 31.3 Å². The van der Waals surface area contributed by atoms with Gasteiger partial charge in [-0.05, 0) is 78.2 Å². The molecule has 0 saturated carbocycles. The molecule has 0 aromatic heterocycles. The highest BCUT2D eigenvalue weighted by Crippen LogP contribution is 2.48. The summed E-state index contributed by atoms with van der Waals surface area (Å²) in [6.45, 7) is 13.6. The summed E-state index contributed by atoms with van der Waals surface area (Å²) in [4.78, 5) is 41.6. The lowest BCUT2D eigenvalue weighted by Gasteiger charge is -2.17. The molecular weight excluding hydrogens is 881 g/mol. The first-order valence-electron chi connectivity index (χ1n) is 19.8. The number of nitrogens with one attached hydrogen (secondary N) is 1. The van der Waals surface area contributed by atoms with Crippen LogP contribution in [0.5, 0.6) is 17.2 Å². The molecule has 21 nitrogen and oxygen atoms in total. The van der Waals surface area contributed by atoms with Gasteiger partial charge in [-0.2, -0.15) is 0 Å². The first-order valence-corrected chi connectivity index (χ1v) is 23.2. The number of rotatable bonds is 25. The molecule has 0 radical (unpaired) electrons. The van der Waals surface area contributed by atoms with E-state index in [-0.39, 0.29) is 66.5 Å². The normalized spacial score (nSPS) is 11.8. The van der Waals surface area contributed by atoms with Crippen molar-refractivity contribution in [1.29, 1.82) is 0 Å². The Morgan fingerprint density at radius 3 is 1.62 bits per heavy atom. The predicted octanol–water partition coefficient (Wildman–Crippen LogP) is 8.23. The number of carboxylic acids is 1. The number of anilines is 1. The largest absolute Gasteiger partial charge is 0.508 e. The molecule has 352 valence electrons. The lowest BCUT2D eigenvalue weighted by atomic mass is 9.86. The molecule has 3 aromatic rings. The third kappa shape index (κ3) is 22.3. The fourth-order valence-corrected chi connectivity index (χ4v) is 8.10. The summed E-state index contributed by atoms with van der Waals surface area (Å²) in [6.07, 6.45) is 7.02. The number of aromatic carboxylic acids is 1. The zero-order chi connectivity index (χ0) is 48.5. The van der Waals surface area contributed by atoms with Crippen LogP contribution in [0.1, 0.15) is 73.9 Å². The molecule has 3 aromatic carbocycles. The van der Waals surface area contributed by atoms with Crippen LogP contribution in [0.4, 0.5) is 17.1 Å². The summed E-state index contributed by atoms with van der Waals surface area (Å²) >= 11 is 0. The Morgan fingerprint density at radius 1 is 0.750 bits per heavy atom. The second kappa shape index (κ2) is 29.1. The number of nitro benzene ring substituents is 2. The maximum absolute atomic E-state index is 12.3. The number of nitrogens with zero attached hydrogens (tertiary/aromatic N) is 2. The Bertz CT molecular complexity index is 2070. The number of allylic oxidation sites excluding steroid dienone is 2. The van der Waals surface area contributed by atoms with Crippen LogP contribution in [-0.2, 0) is 27.2 Å². The van der Waals surface area contributed by atoms with E-state index in [1.54, 1.807) is 64.9 Å². The second-order valence-corrected chi connectivity index (χ2v) is 17.3. The Balaban J connectivity index is 0.000000506. The van der Waals surface area contributed by atoms with Gasteiger partial charge in [-0.3, -0.25) is 34.2 Å². The highest BCUT2D eigenvalue weighted by molar-refractivity contribution is 7.54. The van der Waals surface area contributed by atoms with Crippen LogP contribution < -0.4 is 20.4 Å². The van der Waals surface area contributed by atoms with Gasteiger partial charge in [0.05, 0.1) is 66.3 Å². The van der Waals surface area contributed by atoms with Gasteiger partial charge in [-0.25, -0.2) is 4.79 Å². The number of ether oxygens (including phenoxy) is 2. The van der Waals surface area contributed by atoms with Gasteiger partial charge >= 0.3 is 28.2 Å². The van der Waals surface area contributed by atoms with Gasteiger partial charge in [0.2, 0.25) is 0 Å². The van der Waals surface area contributed by atoms with Crippen molar-refractivity contribution in [3.63, 3.8) is 0 Å². The van der Waals surface area contributed by atoms with Crippen LogP contribution in [0.15, 0.2) is 78.9 Å². The van der Waals surface area contributed by atoms with Crippen molar-refractivity contribution in [3.05, 3.63) is 116 Å². The number of Topliss-reactive ketones (excluding diaryl/α,β-unsaturated/α-hetero) is 1. The van der Waals surface area contributed by atoms with Gasteiger partial charge in [-0.15, -0.1) is 0 Å². The molecule has 0 aliphatic heterocycles. The number of hydrogen-bond donors (Lipinski definition) is 5. The molecule has 3 rings (SSSR count). The Kier molecular flexibility index (Phi) is 25.7. The average molecular weight is 939 g/mol. The number of phenolic OH excluding ortho intramolecular Hbond substituents is 1. The molecule has 6 N–H and O–H groups in total. The number of carbonyl (C=O) groups is 2. The van der Waals surface area contributed by atoms with Crippen molar-refractivity contribution in [2.45, 2.75) is 54.4 Å². The molecule has 24 heteroatoms. The molecule has 0 bridgehead atoms. The molecule has 0 amide bonds. The summed E-state index contributed by atoms with van der Waals surface area (Å²) in [5.41, 5.74) is 6.64. The Labute approximate surface area is 372 Å². The first kappa shape index (κ1) is 56.6. The Hall–Kier alpha value is -5.44. The summed E-state index contributed by atoms with van der Waals surface area (Å²) in [5, 5.41) is 51.0. The van der Waals surface area contributed by atoms with Crippen LogP contribution in [0.3, 0.4) is 0 Å². The maximum atomic E-state index is 12.3.